The van der Waals surface area contributed by atoms with Crippen LogP contribution in [0, 0.1) is 0 Å². The topological polar surface area (TPSA) is 82.5 Å². The molecule has 0 aliphatic heterocycles. The molecule has 0 spiro atoms. The van der Waals surface area contributed by atoms with Crippen molar-refractivity contribution in [3.05, 3.63) is 22.8 Å². The fourth-order valence-electron chi connectivity index (χ4n) is 2.14. The molecule has 1 saturated carbocycles. The highest BCUT2D eigenvalue weighted by Crippen LogP contribution is 2.30. The fourth-order valence-corrected chi connectivity index (χ4v) is 2.38. The highest BCUT2D eigenvalue weighted by molar-refractivity contribution is 6.33. The molecule has 1 fully saturated rings. The maximum Gasteiger partial charge on any atom is 0.337 e. The van der Waals surface area contributed by atoms with Crippen LogP contribution in [0.25, 0.3) is 0 Å². The van der Waals surface area contributed by atoms with Crippen LogP contribution in [0.5, 0.6) is 0 Å². The minimum Gasteiger partial charge on any atom is -0.478 e. The number of aromatic carboxylic acids is 1. The van der Waals surface area contributed by atoms with Crippen molar-refractivity contribution >= 4 is 23.4 Å². The van der Waals surface area contributed by atoms with E-state index in [1.165, 1.54) is 12.3 Å². The summed E-state index contributed by atoms with van der Waals surface area (Å²) in [6, 6.07) is 1.35. The van der Waals surface area contributed by atoms with E-state index >= 15 is 0 Å². The lowest BCUT2D eigenvalue weighted by atomic mass is 10.0. The predicted octanol–water partition coefficient (Wildman–Crippen LogP) is 2.15. The fraction of sp³-hybridized carbons (Fsp3) is 0.500. The zero-order valence-corrected chi connectivity index (χ0v) is 10.6. The average molecular weight is 271 g/mol. The number of halogens is 1. The van der Waals surface area contributed by atoms with E-state index in [1.807, 2.05) is 0 Å². The second-order valence-electron chi connectivity index (χ2n) is 4.64. The second kappa shape index (κ2) is 5.12. The number of anilines is 1. The number of hydrogen-bond acceptors (Lipinski definition) is 4. The van der Waals surface area contributed by atoms with Gasteiger partial charge in [-0.3, -0.25) is 0 Å². The van der Waals surface area contributed by atoms with Gasteiger partial charge in [-0.05, 0) is 18.9 Å². The molecule has 5 nitrogen and oxygen atoms in total. The molecule has 1 aliphatic rings. The van der Waals surface area contributed by atoms with Crippen LogP contribution in [-0.4, -0.2) is 33.3 Å². The molecule has 3 N–H and O–H groups in total. The molecule has 2 rings (SSSR count). The molecule has 0 aromatic carbocycles. The van der Waals surface area contributed by atoms with Crippen LogP contribution in [0.15, 0.2) is 12.3 Å². The monoisotopic (exact) mass is 270 g/mol. The van der Waals surface area contributed by atoms with E-state index in [-0.39, 0.29) is 10.6 Å². The molecular weight excluding hydrogens is 256 g/mol. The number of hydrogen-bond donors (Lipinski definition) is 3. The van der Waals surface area contributed by atoms with Crippen molar-refractivity contribution in [3.63, 3.8) is 0 Å². The van der Waals surface area contributed by atoms with Gasteiger partial charge in [0.1, 0.15) is 5.82 Å². The number of carboxylic acids is 1. The molecule has 6 heteroatoms. The lowest BCUT2D eigenvalue weighted by molar-refractivity contribution is 0.0613. The van der Waals surface area contributed by atoms with E-state index in [1.54, 1.807) is 0 Å². The van der Waals surface area contributed by atoms with Crippen LogP contribution in [0.4, 0.5) is 5.82 Å². The Morgan fingerprint density at radius 1 is 1.50 bits per heavy atom. The molecule has 0 unspecified atom stereocenters. The SMILES string of the molecule is O=C(O)c1cnc(NCC2(O)CCCC2)c(Cl)c1. The number of nitrogens with one attached hydrogen (secondary N) is 1. The van der Waals surface area contributed by atoms with Gasteiger partial charge in [0, 0.05) is 12.7 Å². The highest BCUT2D eigenvalue weighted by atomic mass is 35.5. The quantitative estimate of drug-likeness (QED) is 0.781. The summed E-state index contributed by atoms with van der Waals surface area (Å²) in [4.78, 5) is 14.7. The summed E-state index contributed by atoms with van der Waals surface area (Å²) < 4.78 is 0. The first-order chi connectivity index (χ1) is 8.50. The van der Waals surface area contributed by atoms with E-state index in [4.69, 9.17) is 16.7 Å². The van der Waals surface area contributed by atoms with Gasteiger partial charge < -0.3 is 15.5 Å². The second-order valence-corrected chi connectivity index (χ2v) is 5.05. The summed E-state index contributed by atoms with van der Waals surface area (Å²) in [5.41, 5.74) is -0.652. The maximum atomic E-state index is 10.7. The first-order valence-corrected chi connectivity index (χ1v) is 6.23. The maximum absolute atomic E-state index is 10.7. The van der Waals surface area contributed by atoms with Crippen LogP contribution in [0.2, 0.25) is 5.02 Å². The molecule has 1 heterocycles. The zero-order valence-electron chi connectivity index (χ0n) is 9.82. The van der Waals surface area contributed by atoms with Crippen molar-refractivity contribution in [2.75, 3.05) is 11.9 Å². The summed E-state index contributed by atoms with van der Waals surface area (Å²) in [6.07, 6.45) is 4.83. The Labute approximate surface area is 110 Å². The minimum atomic E-state index is -1.06. The van der Waals surface area contributed by atoms with Gasteiger partial charge in [-0.2, -0.15) is 0 Å². The van der Waals surface area contributed by atoms with Gasteiger partial charge in [-0.25, -0.2) is 9.78 Å². The van der Waals surface area contributed by atoms with Gasteiger partial charge in [0.2, 0.25) is 0 Å². The van der Waals surface area contributed by atoms with Gasteiger partial charge in [0.15, 0.2) is 0 Å². The van der Waals surface area contributed by atoms with Gasteiger partial charge in [0.05, 0.1) is 16.2 Å². The third-order valence-electron chi connectivity index (χ3n) is 3.21. The zero-order chi connectivity index (χ0) is 13.2. The van der Waals surface area contributed by atoms with Gasteiger partial charge in [-0.15, -0.1) is 0 Å². The summed E-state index contributed by atoms with van der Waals surface area (Å²) in [6.45, 7) is 0.381. The van der Waals surface area contributed by atoms with Gasteiger partial charge in [0.25, 0.3) is 0 Å². The van der Waals surface area contributed by atoms with Crippen molar-refractivity contribution in [1.29, 1.82) is 0 Å². The van der Waals surface area contributed by atoms with Crippen LogP contribution in [-0.2, 0) is 0 Å². The number of pyridine rings is 1. The van der Waals surface area contributed by atoms with Crippen molar-refractivity contribution < 1.29 is 15.0 Å². The lowest BCUT2D eigenvalue weighted by Crippen LogP contribution is -2.33. The lowest BCUT2D eigenvalue weighted by Gasteiger charge is -2.22. The Balaban J connectivity index is 2.03. The number of carboxylic acid groups (broad SMARTS) is 1. The molecule has 0 bridgehead atoms. The Morgan fingerprint density at radius 2 is 2.17 bits per heavy atom. The van der Waals surface area contributed by atoms with Gasteiger partial charge >= 0.3 is 5.97 Å². The number of nitrogens with zero attached hydrogens (tertiary/aromatic N) is 1. The summed E-state index contributed by atoms with van der Waals surface area (Å²) in [5, 5.41) is 22.2. The van der Waals surface area contributed by atoms with E-state index in [0.717, 1.165) is 25.7 Å². The molecule has 1 aliphatic carbocycles. The Kier molecular flexibility index (Phi) is 3.73. The Morgan fingerprint density at radius 3 is 2.72 bits per heavy atom. The van der Waals surface area contributed by atoms with Crippen LogP contribution >= 0.6 is 11.6 Å². The number of carbonyl (C=O) groups is 1. The molecule has 98 valence electrons. The predicted molar refractivity (Wildman–Crippen MR) is 68.1 cm³/mol. The van der Waals surface area contributed by atoms with Crippen LogP contribution < -0.4 is 5.32 Å². The van der Waals surface area contributed by atoms with Crippen molar-refractivity contribution in [3.8, 4) is 0 Å². The molecule has 0 atom stereocenters. The molecule has 0 amide bonds. The average Bonchev–Trinajstić information content (AvgIpc) is 2.75. The first-order valence-electron chi connectivity index (χ1n) is 5.85. The third kappa shape index (κ3) is 2.91. The minimum absolute atomic E-state index is 0.0464. The molecule has 1 aromatic heterocycles. The Bertz CT molecular complexity index is 459. The van der Waals surface area contributed by atoms with E-state index in [9.17, 15) is 9.90 Å². The number of aliphatic hydroxyl groups is 1. The molecule has 0 radical (unpaired) electrons. The summed E-state index contributed by atoms with van der Waals surface area (Å²) in [5.74, 6) is -0.660. The largest absolute Gasteiger partial charge is 0.478 e. The van der Waals surface area contributed by atoms with Crippen molar-refractivity contribution in [2.45, 2.75) is 31.3 Å². The Hall–Kier alpha value is -1.33. The van der Waals surface area contributed by atoms with Crippen LogP contribution in [0.1, 0.15) is 36.0 Å². The highest BCUT2D eigenvalue weighted by Gasteiger charge is 2.30. The molecule has 18 heavy (non-hydrogen) atoms. The van der Waals surface area contributed by atoms with E-state index < -0.39 is 11.6 Å². The molecule has 1 aromatic rings. The summed E-state index contributed by atoms with van der Waals surface area (Å²) >= 11 is 5.93. The molecular formula is C12H15ClN2O3. The van der Waals surface area contributed by atoms with Crippen LogP contribution in [0.3, 0.4) is 0 Å². The normalized spacial score (nSPS) is 17.7. The van der Waals surface area contributed by atoms with Crippen molar-refractivity contribution in [2.24, 2.45) is 0 Å². The van der Waals surface area contributed by atoms with Gasteiger partial charge in [-0.1, -0.05) is 24.4 Å². The third-order valence-corrected chi connectivity index (χ3v) is 3.50. The standard InChI is InChI=1S/C12H15ClN2O3/c13-9-5-8(11(16)17)6-14-10(9)15-7-12(18)3-1-2-4-12/h5-6,18H,1-4,7H2,(H,14,15)(H,16,17). The summed E-state index contributed by atoms with van der Waals surface area (Å²) in [7, 11) is 0. The van der Waals surface area contributed by atoms with Crippen molar-refractivity contribution in [1.82, 2.24) is 4.98 Å². The van der Waals surface area contributed by atoms with E-state index in [2.05, 4.69) is 10.3 Å². The molecule has 0 saturated heterocycles. The van der Waals surface area contributed by atoms with E-state index in [0.29, 0.717) is 12.4 Å². The number of rotatable bonds is 4. The smallest absolute Gasteiger partial charge is 0.337 e. The first kappa shape index (κ1) is 13.1. The number of aromatic nitrogens is 1.